The van der Waals surface area contributed by atoms with Crippen LogP contribution in [0.25, 0.3) is 0 Å². The molecular weight excluding hydrogens is 304 g/mol. The minimum absolute atomic E-state index is 0.217. The van der Waals surface area contributed by atoms with Crippen molar-refractivity contribution in [2.75, 3.05) is 12.5 Å². The summed E-state index contributed by atoms with van der Waals surface area (Å²) in [6.07, 6.45) is 0. The molecule has 114 valence electrons. The fourth-order valence-electron chi connectivity index (χ4n) is 1.60. The predicted octanol–water partition coefficient (Wildman–Crippen LogP) is 2.41. The van der Waals surface area contributed by atoms with Crippen LogP contribution in [0.5, 0.6) is 0 Å². The average molecular weight is 318 g/mol. The first kappa shape index (κ1) is 15.6. The Balaban J connectivity index is 2.13. The second kappa shape index (κ2) is 7.32. The summed E-state index contributed by atoms with van der Waals surface area (Å²) in [6, 6.07) is 9.68. The van der Waals surface area contributed by atoms with E-state index in [4.69, 9.17) is 5.11 Å². The van der Waals surface area contributed by atoms with Crippen LogP contribution in [0.1, 0.15) is 18.2 Å². The minimum Gasteiger partial charge on any atom is -0.476 e. The van der Waals surface area contributed by atoms with Gasteiger partial charge in [-0.3, -0.25) is 5.43 Å². The van der Waals surface area contributed by atoms with Crippen molar-refractivity contribution in [1.82, 2.24) is 4.98 Å². The molecule has 0 aliphatic rings. The van der Waals surface area contributed by atoms with Gasteiger partial charge in [0, 0.05) is 5.38 Å². The number of hydrogen-bond acceptors (Lipinski definition) is 7. The molecule has 0 unspecified atom stereocenters. The average Bonchev–Trinajstić information content (AvgIpc) is 2.99. The quantitative estimate of drug-likeness (QED) is 0.630. The SMILES string of the molecule is CO/N=C(\C(=O)O)c1csc(N/N=C(\C)c2ccccc2)n1. The number of benzene rings is 1. The normalized spacial score (nSPS) is 12.1. The zero-order valence-corrected chi connectivity index (χ0v) is 12.8. The van der Waals surface area contributed by atoms with E-state index in [0.717, 1.165) is 11.3 Å². The summed E-state index contributed by atoms with van der Waals surface area (Å²) in [5.41, 5.74) is 4.55. The number of carbonyl (C=O) groups is 1. The summed E-state index contributed by atoms with van der Waals surface area (Å²) < 4.78 is 0. The number of anilines is 1. The van der Waals surface area contributed by atoms with Gasteiger partial charge in [-0.25, -0.2) is 9.78 Å². The Hall–Kier alpha value is -2.74. The predicted molar refractivity (Wildman–Crippen MR) is 85.6 cm³/mol. The van der Waals surface area contributed by atoms with Gasteiger partial charge < -0.3 is 9.94 Å². The van der Waals surface area contributed by atoms with E-state index in [-0.39, 0.29) is 11.4 Å². The molecule has 1 heterocycles. The molecule has 2 rings (SSSR count). The number of oxime groups is 1. The van der Waals surface area contributed by atoms with Crippen LogP contribution < -0.4 is 5.43 Å². The van der Waals surface area contributed by atoms with Crippen LogP contribution in [-0.4, -0.2) is 34.6 Å². The Labute approximate surface area is 131 Å². The first-order chi connectivity index (χ1) is 10.6. The summed E-state index contributed by atoms with van der Waals surface area (Å²) in [4.78, 5) is 19.7. The van der Waals surface area contributed by atoms with Crippen LogP contribution in [0.4, 0.5) is 5.13 Å². The molecule has 1 aromatic heterocycles. The second-order valence-corrected chi connectivity index (χ2v) is 5.00. The zero-order chi connectivity index (χ0) is 15.9. The first-order valence-electron chi connectivity index (χ1n) is 6.28. The standard InChI is InChI=1S/C14H14N4O3S/c1-9(10-6-4-3-5-7-10)16-17-14-15-11(8-22-14)12(13(19)20)18-21-2/h3-8H,1-2H3,(H,15,17)(H,19,20)/b16-9+,18-12-. The van der Waals surface area contributed by atoms with Crippen molar-refractivity contribution in [1.29, 1.82) is 0 Å². The van der Waals surface area contributed by atoms with Gasteiger partial charge in [0.25, 0.3) is 0 Å². The maximum atomic E-state index is 11.1. The number of hydrogen-bond donors (Lipinski definition) is 2. The van der Waals surface area contributed by atoms with Gasteiger partial charge in [0.05, 0.1) is 5.71 Å². The lowest BCUT2D eigenvalue weighted by Crippen LogP contribution is -2.15. The molecule has 0 spiro atoms. The van der Waals surface area contributed by atoms with Crippen molar-refractivity contribution < 1.29 is 14.7 Å². The number of rotatable bonds is 6. The lowest BCUT2D eigenvalue weighted by molar-refractivity contribution is -0.129. The van der Waals surface area contributed by atoms with Gasteiger partial charge >= 0.3 is 5.97 Å². The van der Waals surface area contributed by atoms with E-state index in [0.29, 0.717) is 5.13 Å². The summed E-state index contributed by atoms with van der Waals surface area (Å²) >= 11 is 1.23. The highest BCUT2D eigenvalue weighted by atomic mass is 32.1. The third-order valence-electron chi connectivity index (χ3n) is 2.64. The molecule has 2 N–H and O–H groups in total. The minimum atomic E-state index is -1.21. The first-order valence-corrected chi connectivity index (χ1v) is 7.16. The fourth-order valence-corrected chi connectivity index (χ4v) is 2.23. The third kappa shape index (κ3) is 3.89. The zero-order valence-electron chi connectivity index (χ0n) is 12.0. The van der Waals surface area contributed by atoms with E-state index >= 15 is 0 Å². The Morgan fingerprint density at radius 3 is 2.73 bits per heavy atom. The highest BCUT2D eigenvalue weighted by Crippen LogP contribution is 2.16. The molecule has 0 aliphatic heterocycles. The molecule has 0 amide bonds. The van der Waals surface area contributed by atoms with E-state index in [1.54, 1.807) is 5.38 Å². The van der Waals surface area contributed by atoms with Gasteiger partial charge in [0.2, 0.25) is 10.8 Å². The highest BCUT2D eigenvalue weighted by Gasteiger charge is 2.17. The number of thiazole rings is 1. The van der Waals surface area contributed by atoms with Crippen molar-refractivity contribution in [3.63, 3.8) is 0 Å². The van der Waals surface area contributed by atoms with Crippen LogP contribution >= 0.6 is 11.3 Å². The molecule has 0 fully saturated rings. The van der Waals surface area contributed by atoms with Crippen molar-refractivity contribution in [3.8, 4) is 0 Å². The molecule has 7 nitrogen and oxygen atoms in total. The maximum Gasteiger partial charge on any atom is 0.360 e. The van der Waals surface area contributed by atoms with Crippen molar-refractivity contribution in [2.24, 2.45) is 10.3 Å². The molecule has 22 heavy (non-hydrogen) atoms. The fraction of sp³-hybridized carbons (Fsp3) is 0.143. The Bertz CT molecular complexity index is 710. The molecule has 0 atom stereocenters. The Kier molecular flexibility index (Phi) is 5.21. The smallest absolute Gasteiger partial charge is 0.360 e. The van der Waals surface area contributed by atoms with E-state index in [1.807, 2.05) is 37.3 Å². The lowest BCUT2D eigenvalue weighted by Gasteiger charge is -2.00. The maximum absolute atomic E-state index is 11.1. The Morgan fingerprint density at radius 1 is 1.36 bits per heavy atom. The largest absolute Gasteiger partial charge is 0.476 e. The number of aromatic nitrogens is 1. The van der Waals surface area contributed by atoms with Crippen molar-refractivity contribution in [2.45, 2.75) is 6.92 Å². The van der Waals surface area contributed by atoms with Crippen LogP contribution in [0.3, 0.4) is 0 Å². The molecule has 0 saturated carbocycles. The topological polar surface area (TPSA) is 96.2 Å². The summed E-state index contributed by atoms with van der Waals surface area (Å²) in [5.74, 6) is -1.21. The number of hydrazone groups is 1. The molecular formula is C14H14N4O3S. The molecule has 0 radical (unpaired) electrons. The van der Waals surface area contributed by atoms with E-state index in [2.05, 4.69) is 25.5 Å². The number of nitrogens with zero attached hydrogens (tertiary/aromatic N) is 3. The lowest BCUT2D eigenvalue weighted by atomic mass is 10.1. The second-order valence-electron chi connectivity index (χ2n) is 4.14. The molecule has 0 aliphatic carbocycles. The van der Waals surface area contributed by atoms with Crippen molar-refractivity contribution in [3.05, 3.63) is 47.0 Å². The molecule has 1 aromatic carbocycles. The van der Waals surface area contributed by atoms with Crippen LogP contribution in [0, 0.1) is 0 Å². The summed E-state index contributed by atoms with van der Waals surface area (Å²) in [7, 11) is 1.28. The number of nitrogens with one attached hydrogen (secondary N) is 1. The van der Waals surface area contributed by atoms with E-state index in [1.165, 1.54) is 18.4 Å². The molecule has 0 saturated heterocycles. The van der Waals surface area contributed by atoms with Gasteiger partial charge in [-0.1, -0.05) is 35.5 Å². The van der Waals surface area contributed by atoms with Gasteiger partial charge in [-0.2, -0.15) is 5.10 Å². The summed E-state index contributed by atoms with van der Waals surface area (Å²) in [6.45, 7) is 1.87. The molecule has 0 bridgehead atoms. The molecule has 8 heteroatoms. The van der Waals surface area contributed by atoms with Gasteiger partial charge in [-0.05, 0) is 12.5 Å². The number of carboxylic acids is 1. The number of aliphatic carboxylic acids is 1. The van der Waals surface area contributed by atoms with Gasteiger partial charge in [0.1, 0.15) is 12.8 Å². The van der Waals surface area contributed by atoms with Gasteiger partial charge in [0.15, 0.2) is 0 Å². The van der Waals surface area contributed by atoms with Crippen LogP contribution in [0.2, 0.25) is 0 Å². The summed E-state index contributed by atoms with van der Waals surface area (Å²) in [5, 5.41) is 18.8. The van der Waals surface area contributed by atoms with Gasteiger partial charge in [-0.15, -0.1) is 11.3 Å². The monoisotopic (exact) mass is 318 g/mol. The van der Waals surface area contributed by atoms with Crippen LogP contribution in [0.15, 0.2) is 46.0 Å². The molecule has 2 aromatic rings. The Morgan fingerprint density at radius 2 is 2.09 bits per heavy atom. The van der Waals surface area contributed by atoms with E-state index in [9.17, 15) is 4.79 Å². The van der Waals surface area contributed by atoms with E-state index < -0.39 is 5.97 Å². The highest BCUT2D eigenvalue weighted by molar-refractivity contribution is 7.14. The number of carboxylic acid groups (broad SMARTS) is 1. The van der Waals surface area contributed by atoms with Crippen LogP contribution in [-0.2, 0) is 9.63 Å². The van der Waals surface area contributed by atoms with Crippen molar-refractivity contribution >= 4 is 33.9 Å². The third-order valence-corrected chi connectivity index (χ3v) is 3.39.